The van der Waals surface area contributed by atoms with Crippen LogP contribution in [0.3, 0.4) is 0 Å². The van der Waals surface area contributed by atoms with Gasteiger partial charge < -0.3 is 10.2 Å². The van der Waals surface area contributed by atoms with E-state index in [1.54, 1.807) is 0 Å². The van der Waals surface area contributed by atoms with E-state index < -0.39 is 0 Å². The third kappa shape index (κ3) is 2.27. The van der Waals surface area contributed by atoms with Gasteiger partial charge in [0, 0.05) is 26.2 Å². The molecule has 4 heteroatoms. The fraction of sp³-hybridized carbons (Fsp3) is 0.692. The van der Waals surface area contributed by atoms with E-state index in [0.717, 1.165) is 44.3 Å². The van der Waals surface area contributed by atoms with Gasteiger partial charge in [-0.05, 0) is 36.8 Å². The van der Waals surface area contributed by atoms with Gasteiger partial charge in [0.1, 0.15) is 0 Å². The topological polar surface area (TPSA) is 41.1 Å². The summed E-state index contributed by atoms with van der Waals surface area (Å²) in [6, 6.07) is 2.27. The SMILES string of the molecule is CC1CCc2nnc(N3CCNCC3)cc2C1. The molecule has 1 aliphatic carbocycles. The van der Waals surface area contributed by atoms with Crippen LogP contribution in [0, 0.1) is 5.92 Å². The van der Waals surface area contributed by atoms with E-state index in [2.05, 4.69) is 33.4 Å². The molecule has 1 aromatic heterocycles. The Kier molecular flexibility index (Phi) is 2.97. The summed E-state index contributed by atoms with van der Waals surface area (Å²) >= 11 is 0. The number of nitrogens with one attached hydrogen (secondary N) is 1. The third-order valence-electron chi connectivity index (χ3n) is 3.83. The van der Waals surface area contributed by atoms with E-state index in [0.29, 0.717) is 0 Å². The summed E-state index contributed by atoms with van der Waals surface area (Å²) in [7, 11) is 0. The van der Waals surface area contributed by atoms with Crippen LogP contribution in [0.1, 0.15) is 24.6 Å². The maximum absolute atomic E-state index is 4.42. The van der Waals surface area contributed by atoms with Crippen LogP contribution < -0.4 is 10.2 Å². The average molecular weight is 232 g/mol. The van der Waals surface area contributed by atoms with Gasteiger partial charge in [0.25, 0.3) is 0 Å². The summed E-state index contributed by atoms with van der Waals surface area (Å²) in [5.74, 6) is 1.86. The van der Waals surface area contributed by atoms with Crippen LogP contribution in [0.2, 0.25) is 0 Å². The van der Waals surface area contributed by atoms with Crippen LogP contribution in [-0.4, -0.2) is 36.4 Å². The average Bonchev–Trinajstić information content (AvgIpc) is 2.39. The molecule has 2 heterocycles. The Morgan fingerprint density at radius 3 is 2.94 bits per heavy atom. The highest BCUT2D eigenvalue weighted by molar-refractivity contribution is 5.42. The minimum Gasteiger partial charge on any atom is -0.353 e. The Hall–Kier alpha value is -1.16. The number of piperazine rings is 1. The van der Waals surface area contributed by atoms with Crippen LogP contribution in [0.5, 0.6) is 0 Å². The number of hydrogen-bond acceptors (Lipinski definition) is 4. The Bertz CT molecular complexity index is 398. The number of hydrogen-bond donors (Lipinski definition) is 1. The highest BCUT2D eigenvalue weighted by Crippen LogP contribution is 2.25. The summed E-state index contributed by atoms with van der Waals surface area (Å²) in [6.45, 7) is 6.52. The first-order valence-corrected chi connectivity index (χ1v) is 6.64. The molecule has 4 nitrogen and oxygen atoms in total. The molecule has 17 heavy (non-hydrogen) atoms. The van der Waals surface area contributed by atoms with Gasteiger partial charge in [-0.15, -0.1) is 5.10 Å². The number of fused-ring (bicyclic) bond motifs is 1. The quantitative estimate of drug-likeness (QED) is 0.784. The van der Waals surface area contributed by atoms with Crippen molar-refractivity contribution >= 4 is 5.82 Å². The molecular weight excluding hydrogens is 212 g/mol. The van der Waals surface area contributed by atoms with Crippen molar-refractivity contribution in [2.24, 2.45) is 5.92 Å². The summed E-state index contributed by atoms with van der Waals surface area (Å²) in [6.07, 6.45) is 3.53. The van der Waals surface area contributed by atoms with E-state index in [4.69, 9.17) is 0 Å². The smallest absolute Gasteiger partial charge is 0.151 e. The predicted octanol–water partition coefficient (Wildman–Crippen LogP) is 1.01. The Balaban J connectivity index is 1.84. The van der Waals surface area contributed by atoms with Crippen LogP contribution in [0.15, 0.2) is 6.07 Å². The molecule has 0 amide bonds. The first-order valence-electron chi connectivity index (χ1n) is 6.64. The minimum absolute atomic E-state index is 0.794. The summed E-state index contributed by atoms with van der Waals surface area (Å²) < 4.78 is 0. The van der Waals surface area contributed by atoms with Crippen LogP contribution in [-0.2, 0) is 12.8 Å². The van der Waals surface area contributed by atoms with Crippen molar-refractivity contribution in [2.45, 2.75) is 26.2 Å². The van der Waals surface area contributed by atoms with E-state index in [9.17, 15) is 0 Å². The Morgan fingerprint density at radius 1 is 1.29 bits per heavy atom. The van der Waals surface area contributed by atoms with Crippen molar-refractivity contribution in [3.63, 3.8) is 0 Å². The summed E-state index contributed by atoms with van der Waals surface area (Å²) in [4.78, 5) is 2.34. The minimum atomic E-state index is 0.794. The Morgan fingerprint density at radius 2 is 2.12 bits per heavy atom. The van der Waals surface area contributed by atoms with Gasteiger partial charge in [0.15, 0.2) is 5.82 Å². The van der Waals surface area contributed by atoms with Gasteiger partial charge in [-0.3, -0.25) is 0 Å². The second-order valence-electron chi connectivity index (χ2n) is 5.26. The van der Waals surface area contributed by atoms with Crippen molar-refractivity contribution in [1.82, 2.24) is 15.5 Å². The number of rotatable bonds is 1. The molecule has 0 radical (unpaired) electrons. The van der Waals surface area contributed by atoms with Gasteiger partial charge in [-0.25, -0.2) is 0 Å². The maximum atomic E-state index is 4.42. The van der Waals surface area contributed by atoms with Crippen molar-refractivity contribution < 1.29 is 0 Å². The second kappa shape index (κ2) is 4.61. The molecule has 1 aromatic rings. The highest BCUT2D eigenvalue weighted by Gasteiger charge is 2.19. The van der Waals surface area contributed by atoms with Crippen molar-refractivity contribution in [3.8, 4) is 0 Å². The van der Waals surface area contributed by atoms with Crippen LogP contribution in [0.4, 0.5) is 5.82 Å². The van der Waals surface area contributed by atoms with Gasteiger partial charge in [0.05, 0.1) is 5.69 Å². The molecule has 0 spiro atoms. The van der Waals surface area contributed by atoms with Gasteiger partial charge >= 0.3 is 0 Å². The molecule has 1 N–H and O–H groups in total. The van der Waals surface area contributed by atoms with E-state index in [1.165, 1.54) is 24.1 Å². The normalized spacial score (nSPS) is 24.5. The molecule has 92 valence electrons. The number of aromatic nitrogens is 2. The molecule has 1 atom stereocenters. The lowest BCUT2D eigenvalue weighted by molar-refractivity contribution is 0.489. The zero-order chi connectivity index (χ0) is 11.7. The number of aryl methyl sites for hydroxylation is 1. The summed E-state index contributed by atoms with van der Waals surface area (Å²) in [5.41, 5.74) is 2.65. The lowest BCUT2D eigenvalue weighted by atomic mass is 9.88. The highest BCUT2D eigenvalue weighted by atomic mass is 15.3. The largest absolute Gasteiger partial charge is 0.353 e. The molecule has 1 saturated heterocycles. The van der Waals surface area contributed by atoms with E-state index in [1.807, 2.05) is 0 Å². The number of anilines is 1. The van der Waals surface area contributed by atoms with Gasteiger partial charge in [-0.2, -0.15) is 5.10 Å². The van der Waals surface area contributed by atoms with Crippen molar-refractivity contribution in [1.29, 1.82) is 0 Å². The molecule has 3 rings (SSSR count). The van der Waals surface area contributed by atoms with Gasteiger partial charge in [-0.1, -0.05) is 6.92 Å². The number of nitrogens with zero attached hydrogens (tertiary/aromatic N) is 3. The monoisotopic (exact) mass is 232 g/mol. The lowest BCUT2D eigenvalue weighted by Gasteiger charge is -2.29. The zero-order valence-corrected chi connectivity index (χ0v) is 10.4. The van der Waals surface area contributed by atoms with Crippen LogP contribution in [0.25, 0.3) is 0 Å². The first-order chi connectivity index (χ1) is 8.33. The zero-order valence-electron chi connectivity index (χ0n) is 10.4. The molecule has 0 bridgehead atoms. The molecule has 0 saturated carbocycles. The standard InChI is InChI=1S/C13H20N4/c1-10-2-3-12-11(8-10)9-13(16-15-12)17-6-4-14-5-7-17/h9-10,14H,2-8H2,1H3. The molecule has 2 aliphatic rings. The molecule has 0 aromatic carbocycles. The molecular formula is C13H20N4. The summed E-state index contributed by atoms with van der Waals surface area (Å²) in [5, 5.41) is 12.2. The molecule has 1 aliphatic heterocycles. The maximum Gasteiger partial charge on any atom is 0.151 e. The van der Waals surface area contributed by atoms with E-state index >= 15 is 0 Å². The Labute approximate surface area is 102 Å². The van der Waals surface area contributed by atoms with Crippen molar-refractivity contribution in [3.05, 3.63) is 17.3 Å². The first kappa shape index (κ1) is 11.0. The third-order valence-corrected chi connectivity index (χ3v) is 3.83. The fourth-order valence-electron chi connectivity index (χ4n) is 2.74. The lowest BCUT2D eigenvalue weighted by Crippen LogP contribution is -2.44. The van der Waals surface area contributed by atoms with Crippen molar-refractivity contribution in [2.75, 3.05) is 31.1 Å². The van der Waals surface area contributed by atoms with Crippen LogP contribution >= 0.6 is 0 Å². The van der Waals surface area contributed by atoms with E-state index in [-0.39, 0.29) is 0 Å². The van der Waals surface area contributed by atoms with Gasteiger partial charge in [0.2, 0.25) is 0 Å². The fourth-order valence-corrected chi connectivity index (χ4v) is 2.74. The predicted molar refractivity (Wildman–Crippen MR) is 68.3 cm³/mol. The second-order valence-corrected chi connectivity index (χ2v) is 5.26. The molecule has 1 fully saturated rings. The molecule has 1 unspecified atom stereocenters.